The molecule has 0 bridgehead atoms. The monoisotopic (exact) mass is 265 g/mol. The van der Waals surface area contributed by atoms with E-state index in [0.717, 1.165) is 18.4 Å². The summed E-state index contributed by atoms with van der Waals surface area (Å²) >= 11 is 1.64. The molecule has 0 saturated carbocycles. The van der Waals surface area contributed by atoms with Gasteiger partial charge in [0.15, 0.2) is 0 Å². The van der Waals surface area contributed by atoms with Crippen molar-refractivity contribution in [1.29, 1.82) is 0 Å². The Hall–Kier alpha value is -1.24. The standard InChI is InChI=1S/C12H15N3O2S/c1-7-5-18-6-9(7)11-14-12(17-15-11)10-3-2-8(4-13)16-10/h5-6,8,10H,2-4,13H2,1H3. The number of hydrogen-bond acceptors (Lipinski definition) is 6. The molecule has 0 radical (unpaired) electrons. The van der Waals surface area contributed by atoms with Crippen molar-refractivity contribution < 1.29 is 9.26 Å². The van der Waals surface area contributed by atoms with Crippen LogP contribution in [0, 0.1) is 6.92 Å². The molecule has 3 rings (SSSR count). The van der Waals surface area contributed by atoms with Gasteiger partial charge in [-0.2, -0.15) is 16.3 Å². The van der Waals surface area contributed by atoms with Crippen molar-refractivity contribution in [2.45, 2.75) is 32.0 Å². The minimum Gasteiger partial charge on any atom is -0.364 e. The Bertz CT molecular complexity index is 537. The molecule has 0 aromatic carbocycles. The zero-order valence-electron chi connectivity index (χ0n) is 10.1. The maximum Gasteiger partial charge on any atom is 0.256 e. The lowest BCUT2D eigenvalue weighted by molar-refractivity contribution is 0.0307. The van der Waals surface area contributed by atoms with Crippen LogP contribution in [-0.4, -0.2) is 22.8 Å². The average molecular weight is 265 g/mol. The zero-order chi connectivity index (χ0) is 12.5. The van der Waals surface area contributed by atoms with Crippen molar-refractivity contribution in [1.82, 2.24) is 10.1 Å². The molecule has 1 aliphatic rings. The van der Waals surface area contributed by atoms with Gasteiger partial charge in [0.2, 0.25) is 5.82 Å². The summed E-state index contributed by atoms with van der Waals surface area (Å²) in [5.74, 6) is 1.20. The number of rotatable bonds is 3. The van der Waals surface area contributed by atoms with E-state index in [4.69, 9.17) is 15.0 Å². The highest BCUT2D eigenvalue weighted by molar-refractivity contribution is 7.08. The van der Waals surface area contributed by atoms with Crippen molar-refractivity contribution in [2.24, 2.45) is 5.73 Å². The number of aryl methyl sites for hydroxylation is 1. The van der Waals surface area contributed by atoms with Gasteiger partial charge in [0.05, 0.1) is 6.10 Å². The fourth-order valence-electron chi connectivity index (χ4n) is 2.13. The third kappa shape index (κ3) is 2.07. The highest BCUT2D eigenvalue weighted by atomic mass is 32.1. The minimum absolute atomic E-state index is 0.0984. The second kappa shape index (κ2) is 4.79. The normalized spacial score (nSPS) is 23.7. The van der Waals surface area contributed by atoms with Crippen LogP contribution in [0.15, 0.2) is 15.3 Å². The van der Waals surface area contributed by atoms with Crippen molar-refractivity contribution in [3.8, 4) is 11.4 Å². The highest BCUT2D eigenvalue weighted by Gasteiger charge is 2.30. The van der Waals surface area contributed by atoms with Crippen LogP contribution in [0.3, 0.4) is 0 Å². The van der Waals surface area contributed by atoms with E-state index in [9.17, 15) is 0 Å². The molecule has 2 N–H and O–H groups in total. The molecule has 1 saturated heterocycles. The summed E-state index contributed by atoms with van der Waals surface area (Å²) in [6.07, 6.45) is 1.87. The van der Waals surface area contributed by atoms with Crippen LogP contribution in [-0.2, 0) is 4.74 Å². The Labute approximate surface area is 109 Å². The van der Waals surface area contributed by atoms with Crippen LogP contribution in [0.4, 0.5) is 0 Å². The van der Waals surface area contributed by atoms with Gasteiger partial charge in [0.1, 0.15) is 6.10 Å². The van der Waals surface area contributed by atoms with Gasteiger partial charge in [0.25, 0.3) is 5.89 Å². The van der Waals surface area contributed by atoms with E-state index in [2.05, 4.69) is 15.5 Å². The Morgan fingerprint density at radius 1 is 1.44 bits per heavy atom. The van der Waals surface area contributed by atoms with Gasteiger partial charge in [-0.25, -0.2) is 0 Å². The van der Waals surface area contributed by atoms with Crippen molar-refractivity contribution in [3.05, 3.63) is 22.2 Å². The first-order valence-electron chi connectivity index (χ1n) is 6.00. The molecule has 6 heteroatoms. The predicted molar refractivity (Wildman–Crippen MR) is 68.3 cm³/mol. The molecule has 2 unspecified atom stereocenters. The van der Waals surface area contributed by atoms with E-state index >= 15 is 0 Å². The third-order valence-corrected chi connectivity index (χ3v) is 4.05. The molecule has 0 spiro atoms. The van der Waals surface area contributed by atoms with Crippen LogP contribution < -0.4 is 5.73 Å². The SMILES string of the molecule is Cc1cscc1-c1noc(C2CCC(CN)O2)n1. The van der Waals surface area contributed by atoms with Gasteiger partial charge in [0, 0.05) is 17.5 Å². The van der Waals surface area contributed by atoms with Crippen LogP contribution >= 0.6 is 11.3 Å². The summed E-state index contributed by atoms with van der Waals surface area (Å²) in [4.78, 5) is 4.43. The Morgan fingerprint density at radius 2 is 2.33 bits per heavy atom. The van der Waals surface area contributed by atoms with Crippen LogP contribution in [0.1, 0.15) is 30.4 Å². The Kier molecular flexibility index (Phi) is 3.15. The maximum atomic E-state index is 5.74. The van der Waals surface area contributed by atoms with Crippen LogP contribution in [0.2, 0.25) is 0 Å². The summed E-state index contributed by atoms with van der Waals surface area (Å²) in [6, 6.07) is 0. The van der Waals surface area contributed by atoms with Crippen molar-refractivity contribution >= 4 is 11.3 Å². The second-order valence-electron chi connectivity index (χ2n) is 4.48. The molecule has 0 amide bonds. The van der Waals surface area contributed by atoms with E-state index in [1.807, 2.05) is 12.3 Å². The fraction of sp³-hybridized carbons (Fsp3) is 0.500. The molecular weight excluding hydrogens is 250 g/mol. The first-order chi connectivity index (χ1) is 8.78. The largest absolute Gasteiger partial charge is 0.364 e. The molecule has 2 aromatic rings. The quantitative estimate of drug-likeness (QED) is 0.921. The predicted octanol–water partition coefficient (Wildman–Crippen LogP) is 2.29. The van der Waals surface area contributed by atoms with Gasteiger partial charge in [-0.1, -0.05) is 5.16 Å². The molecule has 18 heavy (non-hydrogen) atoms. The topological polar surface area (TPSA) is 74.2 Å². The molecular formula is C12H15N3O2S. The van der Waals surface area contributed by atoms with E-state index in [1.165, 1.54) is 5.56 Å². The first kappa shape index (κ1) is 11.8. The number of ether oxygens (including phenoxy) is 1. The minimum atomic E-state index is -0.0984. The third-order valence-electron chi connectivity index (χ3n) is 3.18. The summed E-state index contributed by atoms with van der Waals surface area (Å²) in [7, 11) is 0. The van der Waals surface area contributed by atoms with Gasteiger partial charge < -0.3 is 15.0 Å². The number of hydrogen-bond donors (Lipinski definition) is 1. The van der Waals surface area contributed by atoms with Gasteiger partial charge in [-0.05, 0) is 30.7 Å². The Morgan fingerprint density at radius 3 is 3.00 bits per heavy atom. The van der Waals surface area contributed by atoms with E-state index < -0.39 is 0 Å². The average Bonchev–Trinajstić information content (AvgIpc) is 3.07. The molecule has 2 atom stereocenters. The second-order valence-corrected chi connectivity index (χ2v) is 5.23. The molecule has 3 heterocycles. The lowest BCUT2D eigenvalue weighted by Gasteiger charge is -2.07. The van der Waals surface area contributed by atoms with Crippen LogP contribution in [0.25, 0.3) is 11.4 Å². The Balaban J connectivity index is 1.80. The number of nitrogens with two attached hydrogens (primary N) is 1. The molecule has 1 fully saturated rings. The molecule has 0 aliphatic carbocycles. The van der Waals surface area contributed by atoms with E-state index in [-0.39, 0.29) is 12.2 Å². The van der Waals surface area contributed by atoms with Crippen molar-refractivity contribution in [2.75, 3.05) is 6.54 Å². The smallest absolute Gasteiger partial charge is 0.256 e. The maximum absolute atomic E-state index is 5.74. The summed E-state index contributed by atoms with van der Waals surface area (Å²) in [6.45, 7) is 2.58. The van der Waals surface area contributed by atoms with Gasteiger partial charge in [-0.15, -0.1) is 0 Å². The molecule has 1 aliphatic heterocycles. The van der Waals surface area contributed by atoms with Gasteiger partial charge >= 0.3 is 0 Å². The van der Waals surface area contributed by atoms with E-state index in [1.54, 1.807) is 11.3 Å². The molecule has 5 nitrogen and oxygen atoms in total. The lowest BCUT2D eigenvalue weighted by atomic mass is 10.2. The highest BCUT2D eigenvalue weighted by Crippen LogP contribution is 2.33. The fourth-order valence-corrected chi connectivity index (χ4v) is 2.95. The summed E-state index contributed by atoms with van der Waals surface area (Å²) in [5.41, 5.74) is 7.78. The summed E-state index contributed by atoms with van der Waals surface area (Å²) < 4.78 is 11.0. The molecule has 96 valence electrons. The zero-order valence-corrected chi connectivity index (χ0v) is 10.9. The van der Waals surface area contributed by atoms with Gasteiger partial charge in [-0.3, -0.25) is 0 Å². The van der Waals surface area contributed by atoms with E-state index in [0.29, 0.717) is 18.3 Å². The number of thiophene rings is 1. The number of nitrogens with zero attached hydrogens (tertiary/aromatic N) is 2. The first-order valence-corrected chi connectivity index (χ1v) is 6.94. The van der Waals surface area contributed by atoms with Crippen molar-refractivity contribution in [3.63, 3.8) is 0 Å². The lowest BCUT2D eigenvalue weighted by Crippen LogP contribution is -2.18. The molecule has 2 aromatic heterocycles. The van der Waals surface area contributed by atoms with Crippen LogP contribution in [0.5, 0.6) is 0 Å². The summed E-state index contributed by atoms with van der Waals surface area (Å²) in [5, 5.41) is 8.13. The number of aromatic nitrogens is 2.